The Morgan fingerprint density at radius 3 is 2.55 bits per heavy atom. The summed E-state index contributed by atoms with van der Waals surface area (Å²) in [5.41, 5.74) is 0. The van der Waals surface area contributed by atoms with Gasteiger partial charge in [0.15, 0.2) is 0 Å². The zero-order valence-corrected chi connectivity index (χ0v) is 7.32. The Bertz CT molecular complexity index is 145. The minimum absolute atomic E-state index is 0.174. The molecule has 3 nitrogen and oxygen atoms in total. The minimum Gasteiger partial charge on any atom is -0.481 e. The van der Waals surface area contributed by atoms with Crippen molar-refractivity contribution in [3.63, 3.8) is 0 Å². The van der Waals surface area contributed by atoms with E-state index in [1.807, 2.05) is 6.26 Å². The van der Waals surface area contributed by atoms with Crippen molar-refractivity contribution >= 4 is 23.5 Å². The summed E-state index contributed by atoms with van der Waals surface area (Å²) in [4.78, 5) is 20.8. The molecule has 0 atom stereocenters. The molecule has 0 radical (unpaired) electrons. The summed E-state index contributed by atoms with van der Waals surface area (Å²) in [6, 6.07) is 0. The molecule has 0 heterocycles. The smallest absolute Gasteiger partial charge is 0.310 e. The summed E-state index contributed by atoms with van der Waals surface area (Å²) in [5, 5.41) is 8.21. The molecule has 0 aromatic heterocycles. The maximum Gasteiger partial charge on any atom is 0.310 e. The third kappa shape index (κ3) is 7.39. The van der Waals surface area contributed by atoms with Gasteiger partial charge in [-0.15, -0.1) is 0 Å². The van der Waals surface area contributed by atoms with Gasteiger partial charge in [-0.25, -0.2) is 0 Å². The molecule has 64 valence electrons. The van der Waals surface area contributed by atoms with Crippen LogP contribution in [0.15, 0.2) is 0 Å². The van der Waals surface area contributed by atoms with E-state index in [4.69, 9.17) is 5.11 Å². The summed E-state index contributed by atoms with van der Waals surface area (Å²) in [6.45, 7) is 0. The van der Waals surface area contributed by atoms with Gasteiger partial charge in [0.1, 0.15) is 12.2 Å². The van der Waals surface area contributed by atoms with E-state index in [1.165, 1.54) is 0 Å². The zero-order chi connectivity index (χ0) is 8.69. The van der Waals surface area contributed by atoms with Crippen LogP contribution in [0, 0.1) is 0 Å². The molecule has 0 aromatic rings. The number of carbonyl (C=O) groups is 2. The van der Waals surface area contributed by atoms with E-state index in [1.54, 1.807) is 11.8 Å². The van der Waals surface area contributed by atoms with Gasteiger partial charge in [-0.2, -0.15) is 11.8 Å². The lowest BCUT2D eigenvalue weighted by atomic mass is 10.2. The number of hydrogen-bond acceptors (Lipinski definition) is 3. The molecule has 0 fully saturated rings. The minimum atomic E-state index is -1.03. The van der Waals surface area contributed by atoms with Crippen molar-refractivity contribution in [2.75, 3.05) is 12.0 Å². The van der Waals surface area contributed by atoms with E-state index < -0.39 is 5.97 Å². The standard InChI is InChI=1S/C7H12O3S/c1-11-4-2-3-6(8)5-7(9)10/h2-5H2,1H3,(H,9,10). The van der Waals surface area contributed by atoms with Crippen molar-refractivity contribution in [3.05, 3.63) is 0 Å². The van der Waals surface area contributed by atoms with Crippen LogP contribution >= 0.6 is 11.8 Å². The van der Waals surface area contributed by atoms with Gasteiger partial charge in [0.05, 0.1) is 0 Å². The molecule has 0 aromatic carbocycles. The molecule has 4 heteroatoms. The fourth-order valence-corrected chi connectivity index (χ4v) is 1.10. The lowest BCUT2D eigenvalue weighted by Gasteiger charge is -1.95. The van der Waals surface area contributed by atoms with Gasteiger partial charge in [-0.05, 0) is 18.4 Å². The second kappa shape index (κ2) is 6.22. The lowest BCUT2D eigenvalue weighted by Crippen LogP contribution is -2.06. The molecular formula is C7H12O3S. The highest BCUT2D eigenvalue weighted by Crippen LogP contribution is 2.01. The highest BCUT2D eigenvalue weighted by molar-refractivity contribution is 7.98. The van der Waals surface area contributed by atoms with Gasteiger partial charge in [0, 0.05) is 6.42 Å². The number of thioether (sulfide) groups is 1. The first-order chi connectivity index (χ1) is 5.16. The van der Waals surface area contributed by atoms with Crippen molar-refractivity contribution < 1.29 is 14.7 Å². The Hall–Kier alpha value is -0.510. The van der Waals surface area contributed by atoms with Gasteiger partial charge in [0.2, 0.25) is 0 Å². The van der Waals surface area contributed by atoms with E-state index in [-0.39, 0.29) is 12.2 Å². The quantitative estimate of drug-likeness (QED) is 0.487. The normalized spacial score (nSPS) is 9.55. The molecule has 0 bridgehead atoms. The predicted octanol–water partition coefficient (Wildman–Crippen LogP) is 1.17. The van der Waals surface area contributed by atoms with Gasteiger partial charge in [-0.3, -0.25) is 9.59 Å². The van der Waals surface area contributed by atoms with Crippen LogP contribution in [0.25, 0.3) is 0 Å². The molecule has 0 rings (SSSR count). The van der Waals surface area contributed by atoms with Crippen molar-refractivity contribution in [1.82, 2.24) is 0 Å². The molecular weight excluding hydrogens is 164 g/mol. The summed E-state index contributed by atoms with van der Waals surface area (Å²) < 4.78 is 0. The Morgan fingerprint density at radius 1 is 1.45 bits per heavy atom. The Balaban J connectivity index is 3.30. The fourth-order valence-electron chi connectivity index (χ4n) is 0.671. The van der Waals surface area contributed by atoms with E-state index in [9.17, 15) is 9.59 Å². The number of carboxylic acid groups (broad SMARTS) is 1. The van der Waals surface area contributed by atoms with Crippen LogP contribution < -0.4 is 0 Å². The number of ketones is 1. The molecule has 11 heavy (non-hydrogen) atoms. The molecule has 0 unspecified atom stereocenters. The second-order valence-corrected chi connectivity index (χ2v) is 3.19. The molecule has 0 saturated heterocycles. The summed E-state index contributed by atoms with van der Waals surface area (Å²) in [6.07, 6.45) is 2.82. The van der Waals surface area contributed by atoms with Crippen molar-refractivity contribution in [2.45, 2.75) is 19.3 Å². The number of rotatable bonds is 6. The highest BCUT2D eigenvalue weighted by atomic mass is 32.2. The Morgan fingerprint density at radius 2 is 2.09 bits per heavy atom. The molecule has 0 amide bonds. The van der Waals surface area contributed by atoms with E-state index >= 15 is 0 Å². The molecule has 0 aliphatic rings. The van der Waals surface area contributed by atoms with Crippen molar-refractivity contribution in [3.8, 4) is 0 Å². The third-order valence-electron chi connectivity index (χ3n) is 1.15. The van der Waals surface area contributed by atoms with Crippen LogP contribution in [0.5, 0.6) is 0 Å². The first kappa shape index (κ1) is 10.5. The van der Waals surface area contributed by atoms with E-state index in [0.29, 0.717) is 6.42 Å². The Kier molecular flexibility index (Phi) is 5.93. The van der Waals surface area contributed by atoms with E-state index in [2.05, 4.69) is 0 Å². The van der Waals surface area contributed by atoms with Gasteiger partial charge >= 0.3 is 5.97 Å². The number of carboxylic acids is 1. The van der Waals surface area contributed by atoms with Crippen LogP contribution in [0.3, 0.4) is 0 Å². The summed E-state index contributed by atoms with van der Waals surface area (Å²) >= 11 is 1.66. The SMILES string of the molecule is CSCCCC(=O)CC(=O)O. The molecule has 0 spiro atoms. The predicted molar refractivity (Wildman–Crippen MR) is 44.9 cm³/mol. The monoisotopic (exact) mass is 176 g/mol. The average Bonchev–Trinajstić information content (AvgIpc) is 1.86. The van der Waals surface area contributed by atoms with Crippen LogP contribution in [-0.4, -0.2) is 28.9 Å². The highest BCUT2D eigenvalue weighted by Gasteiger charge is 2.06. The van der Waals surface area contributed by atoms with Crippen LogP contribution in [0.2, 0.25) is 0 Å². The maximum atomic E-state index is 10.7. The Labute approximate surface area is 70.2 Å². The lowest BCUT2D eigenvalue weighted by molar-refractivity contribution is -0.140. The van der Waals surface area contributed by atoms with Crippen LogP contribution in [-0.2, 0) is 9.59 Å². The average molecular weight is 176 g/mol. The van der Waals surface area contributed by atoms with Crippen molar-refractivity contribution in [2.24, 2.45) is 0 Å². The number of Topliss-reactive ketones (excluding diaryl/α,β-unsaturated/α-hetero) is 1. The number of aliphatic carboxylic acids is 1. The molecule has 0 aliphatic carbocycles. The largest absolute Gasteiger partial charge is 0.481 e. The first-order valence-electron chi connectivity index (χ1n) is 3.39. The first-order valence-corrected chi connectivity index (χ1v) is 4.78. The summed E-state index contributed by atoms with van der Waals surface area (Å²) in [5.74, 6) is -0.281. The molecule has 1 N–H and O–H groups in total. The van der Waals surface area contributed by atoms with Crippen molar-refractivity contribution in [1.29, 1.82) is 0 Å². The zero-order valence-electron chi connectivity index (χ0n) is 6.50. The van der Waals surface area contributed by atoms with Crippen LogP contribution in [0.4, 0.5) is 0 Å². The van der Waals surface area contributed by atoms with E-state index in [0.717, 1.165) is 12.2 Å². The molecule has 0 saturated carbocycles. The van der Waals surface area contributed by atoms with Gasteiger partial charge < -0.3 is 5.11 Å². The van der Waals surface area contributed by atoms with Crippen LogP contribution in [0.1, 0.15) is 19.3 Å². The second-order valence-electron chi connectivity index (χ2n) is 2.21. The fraction of sp³-hybridized carbons (Fsp3) is 0.714. The summed E-state index contributed by atoms with van der Waals surface area (Å²) in [7, 11) is 0. The molecule has 0 aliphatic heterocycles. The topological polar surface area (TPSA) is 54.4 Å². The third-order valence-corrected chi connectivity index (χ3v) is 1.85. The van der Waals surface area contributed by atoms with Gasteiger partial charge in [-0.1, -0.05) is 0 Å². The maximum absolute atomic E-state index is 10.7. The number of carbonyl (C=O) groups excluding carboxylic acids is 1. The number of hydrogen-bond donors (Lipinski definition) is 1. The van der Waals surface area contributed by atoms with Gasteiger partial charge in [0.25, 0.3) is 0 Å².